The van der Waals surface area contributed by atoms with E-state index < -0.39 is 35.2 Å². The molecule has 29 heavy (non-hydrogen) atoms. The van der Waals surface area contributed by atoms with Crippen molar-refractivity contribution < 1.29 is 24.0 Å². The Morgan fingerprint density at radius 1 is 1.34 bits per heavy atom. The fraction of sp³-hybridized carbons (Fsp3) is 0.571. The quantitative estimate of drug-likeness (QED) is 0.783. The third-order valence-corrected chi connectivity index (χ3v) is 5.30. The van der Waals surface area contributed by atoms with Crippen LogP contribution in [0.4, 0.5) is 4.79 Å². The van der Waals surface area contributed by atoms with Crippen molar-refractivity contribution in [2.75, 3.05) is 0 Å². The molecule has 2 rings (SSSR count). The second kappa shape index (κ2) is 8.61. The molecule has 1 aromatic rings. The van der Waals surface area contributed by atoms with Crippen molar-refractivity contribution in [3.63, 3.8) is 0 Å². The molecular formula is C21H29ClN2O5. The fourth-order valence-electron chi connectivity index (χ4n) is 3.58. The highest BCUT2D eigenvalue weighted by Crippen LogP contribution is 2.44. The summed E-state index contributed by atoms with van der Waals surface area (Å²) in [6.07, 6.45) is 0.145. The van der Waals surface area contributed by atoms with Gasteiger partial charge in [0.2, 0.25) is 0 Å². The van der Waals surface area contributed by atoms with Gasteiger partial charge in [-0.25, -0.2) is 4.79 Å². The van der Waals surface area contributed by atoms with Gasteiger partial charge in [0.15, 0.2) is 0 Å². The topological polar surface area (TPSA) is 84.9 Å². The van der Waals surface area contributed by atoms with E-state index in [1.807, 2.05) is 32.0 Å². The van der Waals surface area contributed by atoms with Crippen LogP contribution in [0.5, 0.6) is 0 Å². The molecule has 1 aromatic carbocycles. The van der Waals surface area contributed by atoms with Crippen LogP contribution in [0.25, 0.3) is 0 Å². The second-order valence-corrected chi connectivity index (χ2v) is 8.90. The third-order valence-electron chi connectivity index (χ3n) is 5.06. The highest BCUT2D eigenvalue weighted by Gasteiger charge is 2.52. The highest BCUT2D eigenvalue weighted by atomic mass is 35.5. The first-order chi connectivity index (χ1) is 13.4. The lowest BCUT2D eigenvalue weighted by atomic mass is 9.72. The SMILES string of the molecule is CCC1(C)C(c2cccc(Cl)c2)CC(NC(=O)OC(C)(C)C)C(=O)N1OC(C)=O. The lowest BCUT2D eigenvalue weighted by molar-refractivity contribution is -0.231. The van der Waals surface area contributed by atoms with Crippen LogP contribution in [-0.2, 0) is 19.2 Å². The van der Waals surface area contributed by atoms with Gasteiger partial charge in [-0.3, -0.25) is 9.59 Å². The maximum absolute atomic E-state index is 13.1. The number of nitrogens with zero attached hydrogens (tertiary/aromatic N) is 1. The standard InChI is InChI=1S/C21H29ClN2O5/c1-7-21(6)16(14-9-8-10-15(22)11-14)12-17(18(26)24(21)29-13(2)25)23-19(27)28-20(3,4)5/h8-11,16-17H,7,12H2,1-6H3,(H,23,27). The molecule has 0 saturated carbocycles. The van der Waals surface area contributed by atoms with Crippen LogP contribution in [0.1, 0.15) is 65.9 Å². The molecule has 160 valence electrons. The van der Waals surface area contributed by atoms with E-state index in [1.165, 1.54) is 6.92 Å². The summed E-state index contributed by atoms with van der Waals surface area (Å²) in [7, 11) is 0. The number of hydrogen-bond acceptors (Lipinski definition) is 5. The second-order valence-electron chi connectivity index (χ2n) is 8.47. The van der Waals surface area contributed by atoms with Gasteiger partial charge in [-0.05, 0) is 58.2 Å². The van der Waals surface area contributed by atoms with Gasteiger partial charge >= 0.3 is 12.1 Å². The van der Waals surface area contributed by atoms with E-state index in [-0.39, 0.29) is 5.92 Å². The van der Waals surface area contributed by atoms with E-state index in [0.29, 0.717) is 17.9 Å². The van der Waals surface area contributed by atoms with Crippen LogP contribution >= 0.6 is 11.6 Å². The molecule has 0 aromatic heterocycles. The molecule has 1 N–H and O–H groups in total. The normalized spacial score (nSPS) is 24.8. The molecule has 7 nitrogen and oxygen atoms in total. The zero-order valence-corrected chi connectivity index (χ0v) is 18.5. The summed E-state index contributed by atoms with van der Waals surface area (Å²) in [6, 6.07) is 6.43. The predicted octanol–water partition coefficient (Wildman–Crippen LogP) is 4.20. The monoisotopic (exact) mass is 424 g/mol. The van der Waals surface area contributed by atoms with Crippen LogP contribution in [0.15, 0.2) is 24.3 Å². The van der Waals surface area contributed by atoms with Crippen molar-refractivity contribution in [1.82, 2.24) is 10.4 Å². The number of piperidine rings is 1. The lowest BCUT2D eigenvalue weighted by Gasteiger charge is -2.49. The fourth-order valence-corrected chi connectivity index (χ4v) is 3.78. The van der Waals surface area contributed by atoms with Crippen LogP contribution in [-0.4, -0.2) is 40.2 Å². The molecule has 3 unspecified atom stereocenters. The van der Waals surface area contributed by atoms with Crippen LogP contribution in [0.3, 0.4) is 0 Å². The van der Waals surface area contributed by atoms with E-state index in [9.17, 15) is 14.4 Å². The Hall–Kier alpha value is -2.28. The summed E-state index contributed by atoms with van der Waals surface area (Å²) >= 11 is 6.19. The molecule has 1 fully saturated rings. The summed E-state index contributed by atoms with van der Waals surface area (Å²) in [6.45, 7) is 10.2. The number of hydrogen-bond donors (Lipinski definition) is 1. The van der Waals surface area contributed by atoms with Crippen molar-refractivity contribution in [2.45, 2.75) is 77.5 Å². The van der Waals surface area contributed by atoms with Crippen molar-refractivity contribution in [2.24, 2.45) is 0 Å². The van der Waals surface area contributed by atoms with Gasteiger partial charge in [-0.15, -0.1) is 0 Å². The summed E-state index contributed by atoms with van der Waals surface area (Å²) < 4.78 is 5.29. The summed E-state index contributed by atoms with van der Waals surface area (Å²) in [5, 5.41) is 4.30. The van der Waals surface area contributed by atoms with Crippen LogP contribution in [0, 0.1) is 0 Å². The van der Waals surface area contributed by atoms with Gasteiger partial charge in [-0.1, -0.05) is 30.7 Å². The number of carbonyl (C=O) groups excluding carboxylic acids is 3. The van der Waals surface area contributed by atoms with Crippen molar-refractivity contribution in [3.8, 4) is 0 Å². The first-order valence-corrected chi connectivity index (χ1v) is 10.0. The van der Waals surface area contributed by atoms with Crippen molar-refractivity contribution in [1.29, 1.82) is 0 Å². The molecular weight excluding hydrogens is 396 g/mol. The van der Waals surface area contributed by atoms with Crippen LogP contribution < -0.4 is 5.32 Å². The van der Waals surface area contributed by atoms with E-state index in [4.69, 9.17) is 21.2 Å². The molecule has 0 spiro atoms. The minimum atomic E-state index is -0.909. The number of amides is 2. The van der Waals surface area contributed by atoms with Gasteiger partial charge < -0.3 is 14.9 Å². The number of alkyl carbamates (subject to hydrolysis) is 1. The molecule has 2 amide bonds. The van der Waals surface area contributed by atoms with Crippen molar-refractivity contribution >= 4 is 29.6 Å². The summed E-state index contributed by atoms with van der Waals surface area (Å²) in [5.41, 5.74) is -0.621. The Kier molecular flexibility index (Phi) is 6.83. The number of rotatable bonds is 4. The van der Waals surface area contributed by atoms with Gasteiger partial charge in [0, 0.05) is 17.9 Å². The Morgan fingerprint density at radius 2 is 2.00 bits per heavy atom. The highest BCUT2D eigenvalue weighted by molar-refractivity contribution is 6.30. The number of carbonyl (C=O) groups is 3. The molecule has 1 heterocycles. The first-order valence-electron chi connectivity index (χ1n) is 9.65. The average Bonchev–Trinajstić information content (AvgIpc) is 2.59. The minimum absolute atomic E-state index is 0.233. The molecule has 1 aliphatic heterocycles. The number of hydroxylamine groups is 2. The number of ether oxygens (including phenoxy) is 1. The molecule has 8 heteroatoms. The Labute approximate surface area is 176 Å². The van der Waals surface area contributed by atoms with Gasteiger partial charge in [0.05, 0.1) is 5.54 Å². The predicted molar refractivity (Wildman–Crippen MR) is 109 cm³/mol. The van der Waals surface area contributed by atoms with Gasteiger partial charge in [-0.2, -0.15) is 5.06 Å². The molecule has 0 bridgehead atoms. The van der Waals surface area contributed by atoms with Gasteiger partial charge in [0.1, 0.15) is 11.6 Å². The molecule has 0 aliphatic carbocycles. The molecule has 1 saturated heterocycles. The molecule has 0 radical (unpaired) electrons. The van der Waals surface area contributed by atoms with E-state index in [2.05, 4.69) is 5.32 Å². The number of benzene rings is 1. The first kappa shape index (κ1) is 23.0. The van der Waals surface area contributed by atoms with Crippen LogP contribution in [0.2, 0.25) is 5.02 Å². The Bertz CT molecular complexity index is 792. The average molecular weight is 425 g/mol. The minimum Gasteiger partial charge on any atom is -0.444 e. The zero-order chi connectivity index (χ0) is 22.0. The van der Waals surface area contributed by atoms with E-state index in [0.717, 1.165) is 10.6 Å². The summed E-state index contributed by atoms with van der Waals surface area (Å²) in [5.74, 6) is -1.34. The third kappa shape index (κ3) is 5.41. The number of nitrogens with one attached hydrogen (secondary N) is 1. The molecule has 1 aliphatic rings. The maximum Gasteiger partial charge on any atom is 0.408 e. The molecule has 3 atom stereocenters. The Morgan fingerprint density at radius 3 is 2.52 bits per heavy atom. The lowest BCUT2D eigenvalue weighted by Crippen LogP contribution is -2.64. The van der Waals surface area contributed by atoms with E-state index >= 15 is 0 Å². The van der Waals surface area contributed by atoms with Crippen molar-refractivity contribution in [3.05, 3.63) is 34.9 Å². The summed E-state index contributed by atoms with van der Waals surface area (Å²) in [4.78, 5) is 42.5. The smallest absolute Gasteiger partial charge is 0.408 e. The Balaban J connectivity index is 2.43. The maximum atomic E-state index is 13.1. The number of halogens is 1. The largest absolute Gasteiger partial charge is 0.444 e. The van der Waals surface area contributed by atoms with Gasteiger partial charge in [0.25, 0.3) is 5.91 Å². The van der Waals surface area contributed by atoms with E-state index in [1.54, 1.807) is 26.8 Å². The zero-order valence-electron chi connectivity index (χ0n) is 17.7.